The zero-order valence-corrected chi connectivity index (χ0v) is 18.6. The molecule has 1 atom stereocenters. The lowest BCUT2D eigenvalue weighted by molar-refractivity contribution is 0.0927. The van der Waals surface area contributed by atoms with Gasteiger partial charge in [-0.1, -0.05) is 48.5 Å². The first kappa shape index (κ1) is 22.0. The number of nitrogens with one attached hydrogen (secondary N) is 1. The Morgan fingerprint density at radius 2 is 1.75 bits per heavy atom. The Morgan fingerprint density at radius 3 is 2.44 bits per heavy atom. The Hall–Kier alpha value is -3.18. The molecule has 166 valence electrons. The number of pyridine rings is 1. The lowest BCUT2D eigenvalue weighted by atomic mass is 9.89. The first-order chi connectivity index (χ1) is 15.7. The number of amides is 1. The first-order valence-corrected chi connectivity index (χ1v) is 11.4. The van der Waals surface area contributed by atoms with Crippen molar-refractivity contribution in [1.29, 1.82) is 0 Å². The lowest BCUT2D eigenvalue weighted by Crippen LogP contribution is -2.34. The molecule has 0 spiro atoms. The quantitative estimate of drug-likeness (QED) is 0.566. The van der Waals surface area contributed by atoms with Gasteiger partial charge in [-0.2, -0.15) is 0 Å². The van der Waals surface area contributed by atoms with E-state index < -0.39 is 0 Å². The van der Waals surface area contributed by atoms with E-state index in [-0.39, 0.29) is 12.0 Å². The van der Waals surface area contributed by atoms with Crippen LogP contribution in [0.5, 0.6) is 5.75 Å². The average Bonchev–Trinajstić information content (AvgIpc) is 2.85. The van der Waals surface area contributed by atoms with Gasteiger partial charge in [0.2, 0.25) is 0 Å². The number of carbonyl (C=O) groups is 1. The Bertz CT molecular complexity index is 969. The summed E-state index contributed by atoms with van der Waals surface area (Å²) in [5.41, 5.74) is 3.18. The second kappa shape index (κ2) is 10.9. The van der Waals surface area contributed by atoms with E-state index in [1.165, 1.54) is 24.0 Å². The molecule has 5 nitrogen and oxygen atoms in total. The zero-order chi connectivity index (χ0) is 22.2. The van der Waals surface area contributed by atoms with Gasteiger partial charge >= 0.3 is 0 Å². The number of hydrogen-bond acceptors (Lipinski definition) is 4. The normalized spacial score (nSPS) is 15.8. The van der Waals surface area contributed by atoms with Crippen LogP contribution in [0.2, 0.25) is 0 Å². The van der Waals surface area contributed by atoms with E-state index in [1.54, 1.807) is 24.4 Å². The molecule has 3 aromatic rings. The Balaban J connectivity index is 1.20. The maximum Gasteiger partial charge on any atom is 0.270 e. The summed E-state index contributed by atoms with van der Waals surface area (Å²) in [7, 11) is 0. The molecule has 1 aliphatic heterocycles. The van der Waals surface area contributed by atoms with Gasteiger partial charge in [-0.25, -0.2) is 0 Å². The number of rotatable bonds is 8. The molecule has 1 unspecified atom stereocenters. The molecule has 1 fully saturated rings. The summed E-state index contributed by atoms with van der Waals surface area (Å²) in [5, 5.41) is 2.87. The van der Waals surface area contributed by atoms with E-state index in [0.717, 1.165) is 25.4 Å². The number of piperidine rings is 1. The largest absolute Gasteiger partial charge is 0.489 e. The molecule has 1 amide bonds. The standard InChI is InChI=1S/C27H31N3O2/c1-21(19-29-27(31)26-9-5-6-16-28-26)32-25-12-10-22(11-13-25)20-30-17-14-24(15-18-30)23-7-3-2-4-8-23/h2-13,16,21,24H,14-15,17-20H2,1H3,(H,29,31). The first-order valence-electron chi connectivity index (χ1n) is 11.4. The SMILES string of the molecule is CC(CNC(=O)c1ccccn1)Oc1ccc(CN2CCC(c3ccccc3)CC2)cc1. The van der Waals surface area contributed by atoms with Gasteiger partial charge < -0.3 is 10.1 Å². The molecule has 1 aliphatic rings. The van der Waals surface area contributed by atoms with E-state index in [4.69, 9.17) is 4.74 Å². The molecule has 1 aromatic heterocycles. The van der Waals surface area contributed by atoms with E-state index >= 15 is 0 Å². The van der Waals surface area contributed by atoms with E-state index in [9.17, 15) is 4.79 Å². The van der Waals surface area contributed by atoms with Crippen LogP contribution in [-0.2, 0) is 6.54 Å². The number of ether oxygens (including phenoxy) is 1. The smallest absolute Gasteiger partial charge is 0.270 e. The molecule has 4 rings (SSSR count). The summed E-state index contributed by atoms with van der Waals surface area (Å²) in [6.45, 7) is 5.60. The third kappa shape index (κ3) is 6.17. The van der Waals surface area contributed by atoms with Gasteiger partial charge in [0.05, 0.1) is 6.54 Å². The molecular formula is C27H31N3O2. The van der Waals surface area contributed by atoms with Crippen LogP contribution in [0.25, 0.3) is 0 Å². The maximum atomic E-state index is 12.1. The van der Waals surface area contributed by atoms with Gasteiger partial charge in [-0.3, -0.25) is 14.7 Å². The van der Waals surface area contributed by atoms with Crippen LogP contribution in [0.15, 0.2) is 79.0 Å². The third-order valence-electron chi connectivity index (χ3n) is 5.97. The highest BCUT2D eigenvalue weighted by Gasteiger charge is 2.20. The van der Waals surface area contributed by atoms with Crippen LogP contribution in [0.1, 0.15) is 47.3 Å². The van der Waals surface area contributed by atoms with Crippen molar-refractivity contribution < 1.29 is 9.53 Å². The second-order valence-corrected chi connectivity index (χ2v) is 8.46. The fraction of sp³-hybridized carbons (Fsp3) is 0.333. The summed E-state index contributed by atoms with van der Waals surface area (Å²) in [5.74, 6) is 1.31. The molecule has 2 heterocycles. The van der Waals surface area contributed by atoms with Gasteiger partial charge in [-0.15, -0.1) is 0 Å². The van der Waals surface area contributed by atoms with Crippen molar-refractivity contribution in [3.8, 4) is 5.75 Å². The summed E-state index contributed by atoms with van der Waals surface area (Å²) in [4.78, 5) is 18.7. The van der Waals surface area contributed by atoms with Crippen molar-refractivity contribution in [1.82, 2.24) is 15.2 Å². The van der Waals surface area contributed by atoms with Crippen LogP contribution in [0.4, 0.5) is 0 Å². The predicted octanol–water partition coefficient (Wildman–Crippen LogP) is 4.66. The van der Waals surface area contributed by atoms with Crippen molar-refractivity contribution in [3.63, 3.8) is 0 Å². The number of nitrogens with zero attached hydrogens (tertiary/aromatic N) is 2. The van der Waals surface area contributed by atoms with Crippen molar-refractivity contribution in [2.75, 3.05) is 19.6 Å². The topological polar surface area (TPSA) is 54.5 Å². The van der Waals surface area contributed by atoms with Crippen LogP contribution in [0, 0.1) is 0 Å². The molecule has 1 N–H and O–H groups in total. The highest BCUT2D eigenvalue weighted by Crippen LogP contribution is 2.28. The van der Waals surface area contributed by atoms with Crippen molar-refractivity contribution in [2.24, 2.45) is 0 Å². The predicted molar refractivity (Wildman–Crippen MR) is 127 cm³/mol. The van der Waals surface area contributed by atoms with Crippen LogP contribution in [0.3, 0.4) is 0 Å². The lowest BCUT2D eigenvalue weighted by Gasteiger charge is -2.32. The number of hydrogen-bond donors (Lipinski definition) is 1. The minimum atomic E-state index is -0.188. The van der Waals surface area contributed by atoms with Gasteiger partial charge in [0.1, 0.15) is 17.5 Å². The summed E-state index contributed by atoms with van der Waals surface area (Å²) >= 11 is 0. The average molecular weight is 430 g/mol. The molecule has 0 radical (unpaired) electrons. The van der Waals surface area contributed by atoms with Crippen LogP contribution in [-0.4, -0.2) is 41.5 Å². The van der Waals surface area contributed by atoms with E-state index in [1.807, 2.05) is 19.1 Å². The molecule has 1 saturated heterocycles. The van der Waals surface area contributed by atoms with E-state index in [0.29, 0.717) is 18.2 Å². The molecule has 32 heavy (non-hydrogen) atoms. The maximum absolute atomic E-state index is 12.1. The van der Waals surface area contributed by atoms with Crippen LogP contribution >= 0.6 is 0 Å². The van der Waals surface area contributed by atoms with Crippen molar-refractivity contribution in [3.05, 3.63) is 95.8 Å². The number of benzene rings is 2. The zero-order valence-electron chi connectivity index (χ0n) is 18.6. The molecule has 5 heteroatoms. The monoisotopic (exact) mass is 429 g/mol. The second-order valence-electron chi connectivity index (χ2n) is 8.46. The van der Waals surface area contributed by atoms with Gasteiger partial charge in [0, 0.05) is 12.7 Å². The molecular weight excluding hydrogens is 398 g/mol. The summed E-state index contributed by atoms with van der Waals surface area (Å²) in [6.07, 6.45) is 3.91. The number of aromatic nitrogens is 1. The highest BCUT2D eigenvalue weighted by atomic mass is 16.5. The number of likely N-dealkylation sites (tertiary alicyclic amines) is 1. The van der Waals surface area contributed by atoms with Gasteiger partial charge in [0.15, 0.2) is 0 Å². The summed E-state index contributed by atoms with van der Waals surface area (Å²) < 4.78 is 5.96. The van der Waals surface area contributed by atoms with Crippen LogP contribution < -0.4 is 10.1 Å². The minimum absolute atomic E-state index is 0.134. The van der Waals surface area contributed by atoms with Gasteiger partial charge in [0.25, 0.3) is 5.91 Å². The minimum Gasteiger partial charge on any atom is -0.489 e. The van der Waals surface area contributed by atoms with Gasteiger partial charge in [-0.05, 0) is 74.2 Å². The Labute approximate surface area is 190 Å². The third-order valence-corrected chi connectivity index (χ3v) is 5.97. The van der Waals surface area contributed by atoms with Crippen molar-refractivity contribution in [2.45, 2.75) is 38.3 Å². The van der Waals surface area contributed by atoms with E-state index in [2.05, 4.69) is 57.7 Å². The molecule has 0 bridgehead atoms. The Kier molecular flexibility index (Phi) is 7.51. The molecule has 2 aromatic carbocycles. The molecule has 0 aliphatic carbocycles. The molecule has 0 saturated carbocycles. The number of carbonyl (C=O) groups excluding carboxylic acids is 1. The Morgan fingerprint density at radius 1 is 1.03 bits per heavy atom. The fourth-order valence-electron chi connectivity index (χ4n) is 4.18. The summed E-state index contributed by atoms with van der Waals surface area (Å²) in [6, 6.07) is 24.5. The van der Waals surface area contributed by atoms with Crippen molar-refractivity contribution >= 4 is 5.91 Å². The highest BCUT2D eigenvalue weighted by molar-refractivity contribution is 5.92. The fourth-order valence-corrected chi connectivity index (χ4v) is 4.18.